The van der Waals surface area contributed by atoms with E-state index in [1.165, 1.54) is 19.6 Å². The highest BCUT2D eigenvalue weighted by molar-refractivity contribution is 5.90. The summed E-state index contributed by atoms with van der Waals surface area (Å²) < 4.78 is 9.71. The van der Waals surface area contributed by atoms with Gasteiger partial charge in [0.2, 0.25) is 0 Å². The largest absolute Gasteiger partial charge is 0.466 e. The van der Waals surface area contributed by atoms with Crippen molar-refractivity contribution < 1.29 is 19.1 Å². The standard InChI is InChI=1S/C17H22O4/c1-3-4-5-6-13-21-17(19)15-10-7-14(8-11-15)9-12-16(18)20-2/h7-12H,3-6,13H2,1-2H3/b12-9+. The smallest absolute Gasteiger partial charge is 0.338 e. The van der Waals surface area contributed by atoms with Crippen molar-refractivity contribution in [2.45, 2.75) is 32.6 Å². The Balaban J connectivity index is 2.44. The highest BCUT2D eigenvalue weighted by atomic mass is 16.5. The summed E-state index contributed by atoms with van der Waals surface area (Å²) in [4.78, 5) is 22.8. The first-order valence-corrected chi connectivity index (χ1v) is 7.20. The van der Waals surface area contributed by atoms with E-state index in [9.17, 15) is 9.59 Å². The van der Waals surface area contributed by atoms with Gasteiger partial charge in [-0.15, -0.1) is 0 Å². The molecule has 4 nitrogen and oxygen atoms in total. The van der Waals surface area contributed by atoms with Gasteiger partial charge in [-0.25, -0.2) is 9.59 Å². The second kappa shape index (κ2) is 9.75. The number of carbonyl (C=O) groups excluding carboxylic acids is 2. The van der Waals surface area contributed by atoms with E-state index in [2.05, 4.69) is 11.7 Å². The number of hydrogen-bond acceptors (Lipinski definition) is 4. The van der Waals surface area contributed by atoms with E-state index in [0.717, 1.165) is 24.8 Å². The van der Waals surface area contributed by atoms with Gasteiger partial charge in [-0.2, -0.15) is 0 Å². The maximum Gasteiger partial charge on any atom is 0.338 e. The summed E-state index contributed by atoms with van der Waals surface area (Å²) in [7, 11) is 1.33. The molecule has 0 aliphatic carbocycles. The Morgan fingerprint density at radius 2 is 1.81 bits per heavy atom. The summed E-state index contributed by atoms with van der Waals surface area (Å²) in [6, 6.07) is 6.89. The zero-order chi connectivity index (χ0) is 15.5. The van der Waals surface area contributed by atoms with Crippen LogP contribution in [0.4, 0.5) is 0 Å². The van der Waals surface area contributed by atoms with Crippen LogP contribution in [0.5, 0.6) is 0 Å². The number of rotatable bonds is 8. The van der Waals surface area contributed by atoms with E-state index in [4.69, 9.17) is 4.74 Å². The molecule has 0 aliphatic rings. The van der Waals surface area contributed by atoms with Crippen molar-refractivity contribution >= 4 is 18.0 Å². The Kier molecular flexibility index (Phi) is 7.87. The molecule has 0 unspecified atom stereocenters. The van der Waals surface area contributed by atoms with Crippen molar-refractivity contribution in [2.24, 2.45) is 0 Å². The third kappa shape index (κ3) is 6.75. The molecule has 0 atom stereocenters. The monoisotopic (exact) mass is 290 g/mol. The average Bonchev–Trinajstić information content (AvgIpc) is 2.52. The predicted octanol–water partition coefficient (Wildman–Crippen LogP) is 3.61. The lowest BCUT2D eigenvalue weighted by Gasteiger charge is -2.04. The number of benzene rings is 1. The molecule has 0 radical (unpaired) electrons. The topological polar surface area (TPSA) is 52.6 Å². The Labute approximate surface area is 125 Å². The van der Waals surface area contributed by atoms with E-state index < -0.39 is 5.97 Å². The lowest BCUT2D eigenvalue weighted by atomic mass is 10.1. The van der Waals surface area contributed by atoms with E-state index in [1.807, 2.05) is 0 Å². The first-order valence-electron chi connectivity index (χ1n) is 7.20. The molecule has 21 heavy (non-hydrogen) atoms. The van der Waals surface area contributed by atoms with Crippen molar-refractivity contribution in [3.63, 3.8) is 0 Å². The molecular formula is C17H22O4. The molecule has 0 saturated heterocycles. The van der Waals surface area contributed by atoms with E-state index >= 15 is 0 Å². The molecule has 0 amide bonds. The maximum absolute atomic E-state index is 11.8. The van der Waals surface area contributed by atoms with Gasteiger partial charge in [-0.3, -0.25) is 0 Å². The van der Waals surface area contributed by atoms with Crippen LogP contribution in [0.25, 0.3) is 6.08 Å². The van der Waals surface area contributed by atoms with Crippen LogP contribution >= 0.6 is 0 Å². The van der Waals surface area contributed by atoms with Crippen LogP contribution in [-0.4, -0.2) is 25.7 Å². The van der Waals surface area contributed by atoms with Crippen LogP contribution in [0.1, 0.15) is 48.5 Å². The van der Waals surface area contributed by atoms with Gasteiger partial charge in [0.15, 0.2) is 0 Å². The Bertz CT molecular complexity index is 474. The summed E-state index contributed by atoms with van der Waals surface area (Å²) in [5.41, 5.74) is 1.33. The SMILES string of the molecule is CCCCCCOC(=O)c1ccc(/C=C/C(=O)OC)cc1. The third-order valence-corrected chi connectivity index (χ3v) is 2.99. The van der Waals surface area contributed by atoms with Crippen molar-refractivity contribution in [3.8, 4) is 0 Å². The second-order valence-electron chi connectivity index (χ2n) is 4.68. The fourth-order valence-electron chi connectivity index (χ4n) is 1.74. The van der Waals surface area contributed by atoms with Gasteiger partial charge in [0.05, 0.1) is 19.3 Å². The number of unbranched alkanes of at least 4 members (excludes halogenated alkanes) is 3. The van der Waals surface area contributed by atoms with Crippen molar-refractivity contribution in [3.05, 3.63) is 41.5 Å². The summed E-state index contributed by atoms with van der Waals surface area (Å²) in [5.74, 6) is -0.722. The maximum atomic E-state index is 11.8. The molecule has 1 aromatic carbocycles. The highest BCUT2D eigenvalue weighted by Gasteiger charge is 2.06. The zero-order valence-electron chi connectivity index (χ0n) is 12.6. The molecule has 0 spiro atoms. The first kappa shape index (κ1) is 17.0. The van der Waals surface area contributed by atoms with E-state index in [1.54, 1.807) is 30.3 Å². The Morgan fingerprint density at radius 3 is 2.43 bits per heavy atom. The molecule has 0 heterocycles. The fraction of sp³-hybridized carbons (Fsp3) is 0.412. The molecule has 0 saturated carbocycles. The molecule has 0 fully saturated rings. The van der Waals surface area contributed by atoms with Crippen LogP contribution in [0, 0.1) is 0 Å². The number of ether oxygens (including phenoxy) is 2. The first-order chi connectivity index (χ1) is 10.2. The molecule has 1 rings (SSSR count). The normalized spacial score (nSPS) is 10.6. The van der Waals surface area contributed by atoms with Crippen LogP contribution < -0.4 is 0 Å². The number of hydrogen-bond donors (Lipinski definition) is 0. The Hall–Kier alpha value is -2.10. The second-order valence-corrected chi connectivity index (χ2v) is 4.68. The summed E-state index contributed by atoms with van der Waals surface area (Å²) in [6.45, 7) is 2.60. The van der Waals surface area contributed by atoms with E-state index in [0.29, 0.717) is 12.2 Å². The van der Waals surface area contributed by atoms with Crippen molar-refractivity contribution in [1.29, 1.82) is 0 Å². The molecule has 114 valence electrons. The fourth-order valence-corrected chi connectivity index (χ4v) is 1.74. The third-order valence-electron chi connectivity index (χ3n) is 2.99. The van der Waals surface area contributed by atoms with Crippen LogP contribution in [0.2, 0.25) is 0 Å². The van der Waals surface area contributed by atoms with Gasteiger partial charge in [0.1, 0.15) is 0 Å². The quantitative estimate of drug-likeness (QED) is 0.417. The minimum atomic E-state index is -0.412. The molecule has 1 aromatic rings. The van der Waals surface area contributed by atoms with E-state index in [-0.39, 0.29) is 5.97 Å². The molecule has 0 aromatic heterocycles. The predicted molar refractivity (Wildman–Crippen MR) is 81.9 cm³/mol. The number of methoxy groups -OCH3 is 1. The average molecular weight is 290 g/mol. The minimum absolute atomic E-state index is 0.310. The summed E-state index contributed by atoms with van der Waals surface area (Å²) in [6.07, 6.45) is 7.28. The van der Waals surface area contributed by atoms with Gasteiger partial charge in [-0.1, -0.05) is 38.3 Å². The van der Waals surface area contributed by atoms with Gasteiger partial charge < -0.3 is 9.47 Å². The van der Waals surface area contributed by atoms with Crippen LogP contribution in [-0.2, 0) is 14.3 Å². The van der Waals surface area contributed by atoms with Gasteiger partial charge in [-0.05, 0) is 30.2 Å². The van der Waals surface area contributed by atoms with Crippen molar-refractivity contribution in [2.75, 3.05) is 13.7 Å². The number of carbonyl (C=O) groups is 2. The lowest BCUT2D eigenvalue weighted by Crippen LogP contribution is -2.06. The summed E-state index contributed by atoms with van der Waals surface area (Å²) in [5, 5.41) is 0. The van der Waals surface area contributed by atoms with Crippen LogP contribution in [0.3, 0.4) is 0 Å². The van der Waals surface area contributed by atoms with Crippen LogP contribution in [0.15, 0.2) is 30.3 Å². The van der Waals surface area contributed by atoms with Gasteiger partial charge in [0.25, 0.3) is 0 Å². The summed E-state index contributed by atoms with van der Waals surface area (Å²) >= 11 is 0. The molecular weight excluding hydrogens is 268 g/mol. The minimum Gasteiger partial charge on any atom is -0.466 e. The lowest BCUT2D eigenvalue weighted by molar-refractivity contribution is -0.134. The zero-order valence-corrected chi connectivity index (χ0v) is 12.6. The van der Waals surface area contributed by atoms with Gasteiger partial charge in [0, 0.05) is 6.08 Å². The Morgan fingerprint density at radius 1 is 1.10 bits per heavy atom. The highest BCUT2D eigenvalue weighted by Crippen LogP contribution is 2.08. The molecule has 4 heteroatoms. The molecule has 0 bridgehead atoms. The number of esters is 2. The van der Waals surface area contributed by atoms with Gasteiger partial charge >= 0.3 is 11.9 Å². The molecule has 0 N–H and O–H groups in total. The molecule has 0 aliphatic heterocycles. The van der Waals surface area contributed by atoms with Crippen molar-refractivity contribution in [1.82, 2.24) is 0 Å².